The molecule has 2 atom stereocenters. The molecule has 1 saturated heterocycles. The molecule has 1 aromatic carbocycles. The molecule has 0 spiro atoms. The van der Waals surface area contributed by atoms with Gasteiger partial charge in [-0.25, -0.2) is 8.42 Å². The lowest BCUT2D eigenvalue weighted by Crippen LogP contribution is -2.20. The number of carbonyl (C=O) groups is 1. The van der Waals surface area contributed by atoms with Gasteiger partial charge in [0, 0.05) is 5.92 Å². The van der Waals surface area contributed by atoms with E-state index in [4.69, 9.17) is 5.11 Å². The minimum atomic E-state index is -3.22. The van der Waals surface area contributed by atoms with Crippen molar-refractivity contribution in [1.29, 1.82) is 0 Å². The molecular weight excluding hydrogens is 228 g/mol. The van der Waals surface area contributed by atoms with Crippen molar-refractivity contribution >= 4 is 15.8 Å². The quantitative estimate of drug-likeness (QED) is 0.833. The van der Waals surface area contributed by atoms with E-state index in [1.165, 1.54) is 0 Å². The fourth-order valence-corrected chi connectivity index (χ4v) is 4.15. The van der Waals surface area contributed by atoms with Crippen molar-refractivity contribution in [3.8, 4) is 0 Å². The van der Waals surface area contributed by atoms with E-state index in [9.17, 15) is 13.2 Å². The summed E-state index contributed by atoms with van der Waals surface area (Å²) in [5.74, 6) is -2.57. The van der Waals surface area contributed by atoms with Crippen LogP contribution in [0.3, 0.4) is 0 Å². The highest BCUT2D eigenvalue weighted by Gasteiger charge is 2.42. The van der Waals surface area contributed by atoms with Crippen LogP contribution in [0.25, 0.3) is 0 Å². The number of aliphatic carboxylic acids is 1. The molecule has 1 N–H and O–H groups in total. The molecule has 0 bridgehead atoms. The Hall–Kier alpha value is -1.36. The molecule has 1 fully saturated rings. The van der Waals surface area contributed by atoms with E-state index in [-0.39, 0.29) is 11.5 Å². The van der Waals surface area contributed by atoms with Gasteiger partial charge in [-0.3, -0.25) is 4.79 Å². The second-order valence-corrected chi connectivity index (χ2v) is 6.19. The third-order valence-corrected chi connectivity index (χ3v) is 4.63. The first-order valence-electron chi connectivity index (χ1n) is 4.98. The van der Waals surface area contributed by atoms with Crippen molar-refractivity contribution in [2.75, 3.05) is 11.5 Å². The molecule has 0 amide bonds. The zero-order chi connectivity index (χ0) is 11.8. The minimum absolute atomic E-state index is 0.0615. The average molecular weight is 240 g/mol. The summed E-state index contributed by atoms with van der Waals surface area (Å²) in [6.45, 7) is 0. The van der Waals surface area contributed by atoms with E-state index in [0.29, 0.717) is 0 Å². The van der Waals surface area contributed by atoms with Gasteiger partial charge in [-0.05, 0) is 5.56 Å². The van der Waals surface area contributed by atoms with Gasteiger partial charge in [-0.1, -0.05) is 30.3 Å². The van der Waals surface area contributed by atoms with Crippen LogP contribution in [0.2, 0.25) is 0 Å². The Morgan fingerprint density at radius 1 is 1.19 bits per heavy atom. The molecule has 0 aliphatic carbocycles. The van der Waals surface area contributed by atoms with Crippen LogP contribution in [-0.2, 0) is 14.6 Å². The molecule has 0 radical (unpaired) electrons. The average Bonchev–Trinajstić information content (AvgIpc) is 2.56. The van der Waals surface area contributed by atoms with Gasteiger partial charge in [0.2, 0.25) is 0 Å². The Balaban J connectivity index is 2.37. The van der Waals surface area contributed by atoms with Crippen LogP contribution in [0, 0.1) is 5.92 Å². The largest absolute Gasteiger partial charge is 0.481 e. The highest BCUT2D eigenvalue weighted by molar-refractivity contribution is 7.91. The number of benzene rings is 1. The molecule has 16 heavy (non-hydrogen) atoms. The van der Waals surface area contributed by atoms with E-state index >= 15 is 0 Å². The zero-order valence-corrected chi connectivity index (χ0v) is 9.35. The molecule has 1 aliphatic heterocycles. The van der Waals surface area contributed by atoms with Gasteiger partial charge in [0.1, 0.15) is 0 Å². The SMILES string of the molecule is O=C(O)C1CS(=O)(=O)CC1c1ccccc1. The molecular formula is C11H12O4S. The smallest absolute Gasteiger partial charge is 0.308 e. The van der Waals surface area contributed by atoms with Gasteiger partial charge in [0.25, 0.3) is 0 Å². The lowest BCUT2D eigenvalue weighted by molar-refractivity contribution is -0.141. The Morgan fingerprint density at radius 3 is 2.38 bits per heavy atom. The van der Waals surface area contributed by atoms with Crippen LogP contribution < -0.4 is 0 Å². The van der Waals surface area contributed by atoms with Gasteiger partial charge in [-0.2, -0.15) is 0 Å². The Labute approximate surface area is 93.8 Å². The van der Waals surface area contributed by atoms with Crippen molar-refractivity contribution < 1.29 is 18.3 Å². The molecule has 2 rings (SSSR count). The molecule has 1 aliphatic rings. The fourth-order valence-electron chi connectivity index (χ4n) is 2.12. The second kappa shape index (κ2) is 3.90. The predicted octanol–water partition coefficient (Wildman–Crippen LogP) is 0.899. The summed E-state index contributed by atoms with van der Waals surface area (Å²) in [5, 5.41) is 9.01. The second-order valence-electron chi connectivity index (χ2n) is 4.04. The summed E-state index contributed by atoms with van der Waals surface area (Å²) in [6, 6.07) is 8.96. The van der Waals surface area contributed by atoms with Crippen LogP contribution in [0.4, 0.5) is 0 Å². The molecule has 5 heteroatoms. The van der Waals surface area contributed by atoms with E-state index in [2.05, 4.69) is 0 Å². The molecule has 4 nitrogen and oxygen atoms in total. The van der Waals surface area contributed by atoms with Crippen molar-refractivity contribution in [2.45, 2.75) is 5.92 Å². The van der Waals surface area contributed by atoms with E-state index in [1.807, 2.05) is 6.07 Å². The Morgan fingerprint density at radius 2 is 1.81 bits per heavy atom. The van der Waals surface area contributed by atoms with Gasteiger partial charge >= 0.3 is 5.97 Å². The lowest BCUT2D eigenvalue weighted by Gasteiger charge is -2.13. The molecule has 1 aromatic rings. The minimum Gasteiger partial charge on any atom is -0.481 e. The van der Waals surface area contributed by atoms with Crippen LogP contribution >= 0.6 is 0 Å². The molecule has 0 saturated carbocycles. The number of carboxylic acids is 1. The van der Waals surface area contributed by atoms with Crippen LogP contribution in [0.1, 0.15) is 11.5 Å². The van der Waals surface area contributed by atoms with Crippen molar-refractivity contribution in [1.82, 2.24) is 0 Å². The predicted molar refractivity (Wildman–Crippen MR) is 59.0 cm³/mol. The standard InChI is InChI=1S/C11H12O4S/c12-11(13)10-7-16(14,15)6-9(10)8-4-2-1-3-5-8/h1-5,9-10H,6-7H2,(H,12,13). The zero-order valence-electron chi connectivity index (χ0n) is 8.54. The molecule has 1 heterocycles. The number of carboxylic acid groups (broad SMARTS) is 1. The van der Waals surface area contributed by atoms with Crippen molar-refractivity contribution in [3.63, 3.8) is 0 Å². The molecule has 2 unspecified atom stereocenters. The summed E-state index contributed by atoms with van der Waals surface area (Å²) < 4.78 is 22.9. The maximum absolute atomic E-state index is 11.5. The first-order chi connectivity index (χ1) is 7.49. The molecule has 0 aromatic heterocycles. The fraction of sp³-hybridized carbons (Fsp3) is 0.364. The first-order valence-corrected chi connectivity index (χ1v) is 6.80. The van der Waals surface area contributed by atoms with Gasteiger partial charge < -0.3 is 5.11 Å². The number of rotatable bonds is 2. The van der Waals surface area contributed by atoms with Crippen LogP contribution in [0.15, 0.2) is 30.3 Å². The highest BCUT2D eigenvalue weighted by atomic mass is 32.2. The number of hydrogen-bond donors (Lipinski definition) is 1. The van der Waals surface area contributed by atoms with Crippen LogP contribution in [-0.4, -0.2) is 31.0 Å². The van der Waals surface area contributed by atoms with Gasteiger partial charge in [-0.15, -0.1) is 0 Å². The summed E-state index contributed by atoms with van der Waals surface area (Å²) in [5.41, 5.74) is 0.788. The van der Waals surface area contributed by atoms with E-state index in [1.54, 1.807) is 24.3 Å². The van der Waals surface area contributed by atoms with Crippen molar-refractivity contribution in [2.24, 2.45) is 5.92 Å². The number of sulfone groups is 1. The van der Waals surface area contributed by atoms with Gasteiger partial charge in [0.05, 0.1) is 17.4 Å². The Kier molecular flexibility index (Phi) is 2.71. The summed E-state index contributed by atoms with van der Waals surface area (Å²) in [7, 11) is -3.22. The van der Waals surface area contributed by atoms with E-state index < -0.39 is 27.6 Å². The van der Waals surface area contributed by atoms with Crippen LogP contribution in [0.5, 0.6) is 0 Å². The number of hydrogen-bond acceptors (Lipinski definition) is 3. The normalized spacial score (nSPS) is 27.8. The molecule has 86 valence electrons. The first kappa shape index (κ1) is 11.1. The lowest BCUT2D eigenvalue weighted by atomic mass is 9.89. The van der Waals surface area contributed by atoms with Crippen molar-refractivity contribution in [3.05, 3.63) is 35.9 Å². The Bertz CT molecular complexity index is 492. The summed E-state index contributed by atoms with van der Waals surface area (Å²) in [4.78, 5) is 11.0. The topological polar surface area (TPSA) is 71.4 Å². The summed E-state index contributed by atoms with van der Waals surface area (Å²) >= 11 is 0. The maximum atomic E-state index is 11.5. The highest BCUT2D eigenvalue weighted by Crippen LogP contribution is 2.34. The monoisotopic (exact) mass is 240 g/mol. The maximum Gasteiger partial charge on any atom is 0.308 e. The third-order valence-electron chi connectivity index (χ3n) is 2.90. The summed E-state index contributed by atoms with van der Waals surface area (Å²) in [6.07, 6.45) is 0. The van der Waals surface area contributed by atoms with Gasteiger partial charge in [0.15, 0.2) is 9.84 Å². The third kappa shape index (κ3) is 2.09. The van der Waals surface area contributed by atoms with E-state index in [0.717, 1.165) is 5.56 Å².